The van der Waals surface area contributed by atoms with E-state index in [1.165, 1.54) is 6.33 Å². The molecule has 0 radical (unpaired) electrons. The van der Waals surface area contributed by atoms with Crippen LogP contribution < -0.4 is 10.2 Å². The van der Waals surface area contributed by atoms with Crippen molar-refractivity contribution < 1.29 is 5.11 Å². The van der Waals surface area contributed by atoms with Crippen LogP contribution in [0, 0.1) is 0 Å². The molecule has 1 aliphatic rings. The van der Waals surface area contributed by atoms with E-state index >= 15 is 0 Å². The van der Waals surface area contributed by atoms with E-state index < -0.39 is 0 Å². The van der Waals surface area contributed by atoms with Gasteiger partial charge in [0.1, 0.15) is 6.33 Å². The quantitative estimate of drug-likeness (QED) is 0.906. The summed E-state index contributed by atoms with van der Waals surface area (Å²) < 4.78 is 0. The van der Waals surface area contributed by atoms with Crippen molar-refractivity contribution in [3.05, 3.63) is 35.9 Å². The largest absolute Gasteiger partial charge is 0.391 e. The standard InChI is InChI=1S/C14H16ClN5O/c15-13-16-9-17-14(19-13)18-10-3-5-11(6-4-10)20-7-1-2-12(21)8-20/h3-6,9,12,21H,1-2,7-8H2,(H,16,17,18,19). The molecule has 0 saturated carbocycles. The number of anilines is 3. The van der Waals surface area contributed by atoms with Crippen LogP contribution in [0.4, 0.5) is 17.3 Å². The molecule has 6 nitrogen and oxygen atoms in total. The highest BCUT2D eigenvalue weighted by Crippen LogP contribution is 2.23. The second kappa shape index (κ2) is 6.24. The second-order valence-electron chi connectivity index (χ2n) is 4.99. The summed E-state index contributed by atoms with van der Waals surface area (Å²) in [5.41, 5.74) is 1.98. The molecule has 21 heavy (non-hydrogen) atoms. The number of halogens is 1. The molecule has 0 amide bonds. The normalized spacial score (nSPS) is 18.6. The molecule has 7 heteroatoms. The van der Waals surface area contributed by atoms with Gasteiger partial charge in [-0.05, 0) is 48.7 Å². The molecular weight excluding hydrogens is 290 g/mol. The maximum Gasteiger partial charge on any atom is 0.231 e. The number of β-amino-alcohol motifs (C(OH)–C–C–N with tert-alkyl or cyclic N) is 1. The molecule has 3 rings (SSSR count). The van der Waals surface area contributed by atoms with Crippen molar-refractivity contribution in [2.45, 2.75) is 18.9 Å². The van der Waals surface area contributed by atoms with Crippen molar-refractivity contribution in [1.29, 1.82) is 0 Å². The van der Waals surface area contributed by atoms with E-state index in [0.717, 1.165) is 30.8 Å². The van der Waals surface area contributed by atoms with Crippen molar-refractivity contribution >= 4 is 28.9 Å². The molecule has 1 atom stereocenters. The fourth-order valence-corrected chi connectivity index (χ4v) is 2.53. The van der Waals surface area contributed by atoms with Gasteiger partial charge in [-0.2, -0.15) is 4.98 Å². The monoisotopic (exact) mass is 305 g/mol. The van der Waals surface area contributed by atoms with Crippen LogP contribution in [-0.2, 0) is 0 Å². The highest BCUT2D eigenvalue weighted by atomic mass is 35.5. The zero-order chi connectivity index (χ0) is 14.7. The number of nitrogens with zero attached hydrogens (tertiary/aromatic N) is 4. The number of nitrogens with one attached hydrogen (secondary N) is 1. The van der Waals surface area contributed by atoms with Crippen LogP contribution in [0.1, 0.15) is 12.8 Å². The Morgan fingerprint density at radius 1 is 1.24 bits per heavy atom. The maximum atomic E-state index is 9.73. The van der Waals surface area contributed by atoms with E-state index in [-0.39, 0.29) is 11.4 Å². The molecule has 2 heterocycles. The van der Waals surface area contributed by atoms with Crippen molar-refractivity contribution in [3.8, 4) is 0 Å². The van der Waals surface area contributed by atoms with Gasteiger partial charge in [-0.1, -0.05) is 0 Å². The topological polar surface area (TPSA) is 74.2 Å². The van der Waals surface area contributed by atoms with Crippen LogP contribution in [0.5, 0.6) is 0 Å². The second-order valence-corrected chi connectivity index (χ2v) is 5.33. The summed E-state index contributed by atoms with van der Waals surface area (Å²) in [5.74, 6) is 0.413. The minimum Gasteiger partial charge on any atom is -0.391 e. The Bertz CT molecular complexity index is 607. The molecule has 1 unspecified atom stereocenters. The molecule has 0 bridgehead atoms. The lowest BCUT2D eigenvalue weighted by molar-refractivity contribution is 0.154. The van der Waals surface area contributed by atoms with Crippen LogP contribution in [0.25, 0.3) is 0 Å². The van der Waals surface area contributed by atoms with Crippen molar-refractivity contribution in [3.63, 3.8) is 0 Å². The minimum atomic E-state index is -0.232. The predicted octanol–water partition coefficient (Wildman–Crippen LogP) is 2.23. The molecule has 0 spiro atoms. The molecular formula is C14H16ClN5O. The Balaban J connectivity index is 1.69. The lowest BCUT2D eigenvalue weighted by atomic mass is 10.1. The molecule has 2 N–H and O–H groups in total. The number of aromatic nitrogens is 3. The van der Waals surface area contributed by atoms with Gasteiger partial charge in [0.05, 0.1) is 6.10 Å². The summed E-state index contributed by atoms with van der Waals surface area (Å²) in [6.07, 6.45) is 3.03. The molecule has 1 saturated heterocycles. The van der Waals surface area contributed by atoms with Crippen molar-refractivity contribution in [2.24, 2.45) is 0 Å². The minimum absolute atomic E-state index is 0.159. The van der Waals surface area contributed by atoms with Gasteiger partial charge >= 0.3 is 0 Å². The van der Waals surface area contributed by atoms with Crippen LogP contribution in [0.3, 0.4) is 0 Å². The summed E-state index contributed by atoms with van der Waals surface area (Å²) in [5, 5.41) is 13.0. The first-order valence-corrected chi connectivity index (χ1v) is 7.23. The molecule has 0 aliphatic carbocycles. The first kappa shape index (κ1) is 14.0. The van der Waals surface area contributed by atoms with Gasteiger partial charge in [0.15, 0.2) is 0 Å². The number of rotatable bonds is 3. The first-order valence-electron chi connectivity index (χ1n) is 6.85. The van der Waals surface area contributed by atoms with Crippen LogP contribution >= 0.6 is 11.6 Å². The molecule has 1 aromatic heterocycles. The van der Waals surface area contributed by atoms with E-state index in [4.69, 9.17) is 11.6 Å². The SMILES string of the molecule is OC1CCCN(c2ccc(Nc3ncnc(Cl)n3)cc2)C1. The summed E-state index contributed by atoms with van der Waals surface area (Å²) in [7, 11) is 0. The number of hydrogen-bond acceptors (Lipinski definition) is 6. The first-order chi connectivity index (χ1) is 10.2. The summed E-state index contributed by atoms with van der Waals surface area (Å²) in [6.45, 7) is 1.67. The Morgan fingerprint density at radius 2 is 2.05 bits per heavy atom. The van der Waals surface area contributed by atoms with E-state index in [1.807, 2.05) is 24.3 Å². The van der Waals surface area contributed by atoms with Gasteiger partial charge in [0.2, 0.25) is 11.2 Å². The molecule has 1 aliphatic heterocycles. The molecule has 1 fully saturated rings. The van der Waals surface area contributed by atoms with E-state index in [1.54, 1.807) is 0 Å². The zero-order valence-electron chi connectivity index (χ0n) is 11.4. The number of aliphatic hydroxyl groups excluding tert-OH is 1. The highest BCUT2D eigenvalue weighted by molar-refractivity contribution is 6.28. The van der Waals surface area contributed by atoms with Gasteiger partial charge in [-0.25, -0.2) is 9.97 Å². The Hall–Kier alpha value is -1.92. The average Bonchev–Trinajstić information content (AvgIpc) is 2.48. The van der Waals surface area contributed by atoms with Crippen molar-refractivity contribution in [2.75, 3.05) is 23.3 Å². The van der Waals surface area contributed by atoms with E-state index in [0.29, 0.717) is 12.5 Å². The summed E-state index contributed by atoms with van der Waals surface area (Å²) in [4.78, 5) is 13.9. The Kier molecular flexibility index (Phi) is 4.17. The van der Waals surface area contributed by atoms with Gasteiger partial charge in [0.25, 0.3) is 0 Å². The average molecular weight is 306 g/mol. The molecule has 1 aromatic carbocycles. The summed E-state index contributed by atoms with van der Waals surface area (Å²) >= 11 is 5.72. The molecule has 2 aromatic rings. The third kappa shape index (κ3) is 3.59. The maximum absolute atomic E-state index is 9.73. The van der Waals surface area contributed by atoms with E-state index in [2.05, 4.69) is 25.2 Å². The van der Waals surface area contributed by atoms with Crippen LogP contribution in [0.2, 0.25) is 5.28 Å². The lowest BCUT2D eigenvalue weighted by Crippen LogP contribution is -2.38. The predicted molar refractivity (Wildman–Crippen MR) is 82.0 cm³/mol. The Labute approximate surface area is 127 Å². The van der Waals surface area contributed by atoms with Crippen LogP contribution in [-0.4, -0.2) is 39.3 Å². The smallest absolute Gasteiger partial charge is 0.231 e. The zero-order valence-corrected chi connectivity index (χ0v) is 12.2. The number of hydrogen-bond donors (Lipinski definition) is 2. The van der Waals surface area contributed by atoms with Gasteiger partial charge in [-0.15, -0.1) is 0 Å². The fraction of sp³-hybridized carbons (Fsp3) is 0.357. The number of piperidine rings is 1. The van der Waals surface area contributed by atoms with Gasteiger partial charge in [-0.3, -0.25) is 0 Å². The number of aliphatic hydroxyl groups is 1. The van der Waals surface area contributed by atoms with Gasteiger partial charge < -0.3 is 15.3 Å². The molecule has 110 valence electrons. The van der Waals surface area contributed by atoms with Crippen molar-refractivity contribution in [1.82, 2.24) is 15.0 Å². The van der Waals surface area contributed by atoms with E-state index in [9.17, 15) is 5.11 Å². The lowest BCUT2D eigenvalue weighted by Gasteiger charge is -2.32. The van der Waals surface area contributed by atoms with Gasteiger partial charge in [0, 0.05) is 24.5 Å². The highest BCUT2D eigenvalue weighted by Gasteiger charge is 2.17. The number of benzene rings is 1. The summed E-state index contributed by atoms with van der Waals surface area (Å²) in [6, 6.07) is 7.94. The van der Waals surface area contributed by atoms with Crippen LogP contribution in [0.15, 0.2) is 30.6 Å². The third-order valence-corrected chi connectivity index (χ3v) is 3.61. The fourth-order valence-electron chi connectivity index (χ4n) is 2.41. The Morgan fingerprint density at radius 3 is 2.76 bits per heavy atom. The third-order valence-electron chi connectivity index (χ3n) is 3.43.